The summed E-state index contributed by atoms with van der Waals surface area (Å²) in [7, 11) is 3.35. The van der Waals surface area contributed by atoms with Gasteiger partial charge in [0.1, 0.15) is 6.54 Å². The van der Waals surface area contributed by atoms with E-state index in [0.29, 0.717) is 17.2 Å². The molecule has 1 aliphatic rings. The maximum Gasteiger partial charge on any atom is 0.243 e. The van der Waals surface area contributed by atoms with Crippen LogP contribution in [-0.2, 0) is 16.8 Å². The number of hydrogen-bond acceptors (Lipinski definition) is 7. The van der Waals surface area contributed by atoms with Crippen LogP contribution in [0, 0.1) is 5.92 Å². The van der Waals surface area contributed by atoms with Gasteiger partial charge >= 0.3 is 0 Å². The van der Waals surface area contributed by atoms with E-state index in [4.69, 9.17) is 11.5 Å². The number of nitrogens with zero attached hydrogens (tertiary/aromatic N) is 5. The molecule has 1 aliphatic carbocycles. The van der Waals surface area contributed by atoms with Crippen LogP contribution in [0.4, 0.5) is 5.95 Å². The highest BCUT2D eigenvalue weighted by Gasteiger charge is 2.45. The molecule has 3 aromatic rings. The van der Waals surface area contributed by atoms with Crippen molar-refractivity contribution < 1.29 is 9.59 Å². The summed E-state index contributed by atoms with van der Waals surface area (Å²) in [5, 5.41) is 4.14. The van der Waals surface area contributed by atoms with Crippen molar-refractivity contribution in [3.05, 3.63) is 72.0 Å². The van der Waals surface area contributed by atoms with Gasteiger partial charge in [-0.2, -0.15) is 5.10 Å². The molecule has 0 bridgehead atoms. The van der Waals surface area contributed by atoms with E-state index in [1.807, 2.05) is 24.3 Å². The van der Waals surface area contributed by atoms with Crippen LogP contribution in [0.2, 0.25) is 0 Å². The molecule has 2 aromatic heterocycles. The van der Waals surface area contributed by atoms with Gasteiger partial charge in [0.2, 0.25) is 11.9 Å². The lowest BCUT2D eigenvalue weighted by Crippen LogP contribution is -2.32. The molecule has 1 amide bonds. The number of rotatable bonds is 8. The number of carbonyl (C=O) groups is 2. The lowest BCUT2D eigenvalue weighted by atomic mass is 9.74. The molecule has 0 aliphatic heterocycles. The van der Waals surface area contributed by atoms with E-state index in [1.165, 1.54) is 21.9 Å². The Kier molecular flexibility index (Phi) is 6.19. The van der Waals surface area contributed by atoms with Crippen LogP contribution in [0.3, 0.4) is 0 Å². The Balaban J connectivity index is 1.56. The molecule has 0 spiro atoms. The van der Waals surface area contributed by atoms with Crippen LogP contribution < -0.4 is 11.5 Å². The molecule has 1 aromatic carbocycles. The van der Waals surface area contributed by atoms with Crippen molar-refractivity contribution in [2.45, 2.75) is 31.7 Å². The molecule has 4 rings (SSSR count). The number of carbonyl (C=O) groups excluding carboxylic acids is 2. The molecule has 176 valence electrons. The first-order valence-corrected chi connectivity index (χ1v) is 11.1. The second kappa shape index (κ2) is 9.09. The normalized spacial score (nSPS) is 15.6. The summed E-state index contributed by atoms with van der Waals surface area (Å²) in [5.74, 6) is 0.262. The van der Waals surface area contributed by atoms with Gasteiger partial charge in [0, 0.05) is 55.4 Å². The quantitative estimate of drug-likeness (QED) is 0.390. The average molecular weight is 460 g/mol. The van der Waals surface area contributed by atoms with Gasteiger partial charge in [0.05, 0.1) is 11.8 Å². The fourth-order valence-electron chi connectivity index (χ4n) is 4.03. The summed E-state index contributed by atoms with van der Waals surface area (Å²) in [6.45, 7) is 2.16. The smallest absolute Gasteiger partial charge is 0.243 e. The van der Waals surface area contributed by atoms with Gasteiger partial charge in [0.25, 0.3) is 0 Å². The Labute approximate surface area is 198 Å². The van der Waals surface area contributed by atoms with E-state index >= 15 is 0 Å². The third-order valence-electron chi connectivity index (χ3n) is 6.48. The summed E-state index contributed by atoms with van der Waals surface area (Å²) in [5.41, 5.74) is 15.5. The molecule has 0 unspecified atom stereocenters. The fraction of sp³-hybridized carbons (Fsp3) is 0.320. The topological polar surface area (TPSA) is 133 Å². The van der Waals surface area contributed by atoms with Crippen LogP contribution in [0.1, 0.15) is 35.7 Å². The van der Waals surface area contributed by atoms with Crippen molar-refractivity contribution in [3.8, 4) is 11.1 Å². The van der Waals surface area contributed by atoms with E-state index in [2.05, 4.69) is 22.0 Å². The van der Waals surface area contributed by atoms with E-state index in [9.17, 15) is 9.59 Å². The highest BCUT2D eigenvalue weighted by atomic mass is 16.2. The number of benzene rings is 1. The summed E-state index contributed by atoms with van der Waals surface area (Å²) in [6.07, 6.45) is 10.0. The molecule has 0 radical (unpaired) electrons. The van der Waals surface area contributed by atoms with Gasteiger partial charge in [-0.3, -0.25) is 14.3 Å². The highest BCUT2D eigenvalue weighted by Crippen LogP contribution is 2.50. The van der Waals surface area contributed by atoms with Crippen molar-refractivity contribution in [3.63, 3.8) is 0 Å². The number of amides is 1. The number of likely N-dealkylation sites (N-methyl/N-ethyl adjacent to an activating group) is 1. The number of nitrogen functional groups attached to an aromatic ring is 1. The minimum atomic E-state index is -0.470. The summed E-state index contributed by atoms with van der Waals surface area (Å²) in [6, 6.07) is 8.09. The van der Waals surface area contributed by atoms with Crippen molar-refractivity contribution in [2.75, 3.05) is 19.8 Å². The Hall–Kier alpha value is -4.01. The zero-order valence-electron chi connectivity index (χ0n) is 19.6. The summed E-state index contributed by atoms with van der Waals surface area (Å²) in [4.78, 5) is 34.4. The Morgan fingerprint density at radius 1 is 1.12 bits per heavy atom. The van der Waals surface area contributed by atoms with Gasteiger partial charge in [-0.1, -0.05) is 24.3 Å². The highest BCUT2D eigenvalue weighted by molar-refractivity contribution is 6.04. The molecule has 4 N–H and O–H groups in total. The van der Waals surface area contributed by atoms with Crippen LogP contribution in [0.5, 0.6) is 0 Å². The third kappa shape index (κ3) is 4.68. The van der Waals surface area contributed by atoms with E-state index in [0.717, 1.165) is 29.5 Å². The van der Waals surface area contributed by atoms with Crippen LogP contribution >= 0.6 is 0 Å². The molecule has 9 nitrogen and oxygen atoms in total. The van der Waals surface area contributed by atoms with Crippen LogP contribution in [0.15, 0.2) is 60.8 Å². The first kappa shape index (κ1) is 23.2. The van der Waals surface area contributed by atoms with Crippen molar-refractivity contribution in [1.82, 2.24) is 24.6 Å². The first-order chi connectivity index (χ1) is 16.2. The minimum absolute atomic E-state index is 0.0741. The lowest BCUT2D eigenvalue weighted by Gasteiger charge is -2.31. The molecule has 34 heavy (non-hydrogen) atoms. The number of anilines is 1. The second-order valence-corrected chi connectivity index (χ2v) is 9.06. The standard InChI is InChI=1S/C25H29N7O2/c1-25(20-8-9-20,19-6-4-16(5-7-19)17-11-28-24(27)29-12-17)22(26)10-21(33)18-13-30-32(14-18)15-23(34)31(2)3/h4-7,10-14,20H,8-9,15,26H2,1-3H3,(H2,27,28,29)/t25-/m1/s1. The van der Waals surface area contributed by atoms with Crippen LogP contribution in [0.25, 0.3) is 11.1 Å². The summed E-state index contributed by atoms with van der Waals surface area (Å²) < 4.78 is 1.46. The maximum atomic E-state index is 12.9. The first-order valence-electron chi connectivity index (χ1n) is 11.1. The average Bonchev–Trinajstić information content (AvgIpc) is 3.58. The van der Waals surface area contributed by atoms with Crippen molar-refractivity contribution in [1.29, 1.82) is 0 Å². The third-order valence-corrected chi connectivity index (χ3v) is 6.48. The predicted molar refractivity (Wildman–Crippen MR) is 129 cm³/mol. The van der Waals surface area contributed by atoms with Gasteiger partial charge in [-0.05, 0) is 36.8 Å². The molecular formula is C25H29N7O2. The molecule has 1 atom stereocenters. The number of allylic oxidation sites excluding steroid dienone is 2. The predicted octanol–water partition coefficient (Wildman–Crippen LogP) is 2.40. The number of nitrogens with two attached hydrogens (primary N) is 2. The number of hydrogen-bond donors (Lipinski definition) is 2. The molecule has 1 saturated carbocycles. The fourth-order valence-corrected chi connectivity index (χ4v) is 4.03. The van der Waals surface area contributed by atoms with Gasteiger partial charge in [-0.25, -0.2) is 9.97 Å². The largest absolute Gasteiger partial charge is 0.401 e. The molecule has 2 heterocycles. The SMILES string of the molecule is CN(C)C(=O)Cn1cc(C(=O)C=C(N)[C@](C)(c2ccc(-c3cnc(N)nc3)cc2)C2CC2)cn1. The van der Waals surface area contributed by atoms with Crippen molar-refractivity contribution >= 4 is 17.6 Å². The Morgan fingerprint density at radius 2 is 1.76 bits per heavy atom. The van der Waals surface area contributed by atoms with E-state index < -0.39 is 5.41 Å². The molecular weight excluding hydrogens is 430 g/mol. The zero-order chi connectivity index (χ0) is 24.5. The summed E-state index contributed by atoms with van der Waals surface area (Å²) >= 11 is 0. The van der Waals surface area contributed by atoms with Gasteiger partial charge < -0.3 is 16.4 Å². The maximum absolute atomic E-state index is 12.9. The second-order valence-electron chi connectivity index (χ2n) is 9.06. The number of aromatic nitrogens is 4. The molecule has 0 saturated heterocycles. The zero-order valence-corrected chi connectivity index (χ0v) is 19.6. The van der Waals surface area contributed by atoms with Gasteiger partial charge in [0.15, 0.2) is 5.78 Å². The Morgan fingerprint density at radius 3 is 2.35 bits per heavy atom. The van der Waals surface area contributed by atoms with Crippen LogP contribution in [-0.4, -0.2) is 50.4 Å². The van der Waals surface area contributed by atoms with E-state index in [-0.39, 0.29) is 24.2 Å². The molecule has 9 heteroatoms. The van der Waals surface area contributed by atoms with Crippen molar-refractivity contribution in [2.24, 2.45) is 11.7 Å². The van der Waals surface area contributed by atoms with Gasteiger partial charge in [-0.15, -0.1) is 0 Å². The minimum Gasteiger partial charge on any atom is -0.401 e. The van der Waals surface area contributed by atoms with E-state index in [1.54, 1.807) is 32.7 Å². The molecule has 1 fully saturated rings. The number of ketones is 1. The monoisotopic (exact) mass is 459 g/mol. The lowest BCUT2D eigenvalue weighted by molar-refractivity contribution is -0.129. The Bertz CT molecular complexity index is 1220.